The third kappa shape index (κ3) is 4.50. The van der Waals surface area contributed by atoms with Crippen molar-refractivity contribution < 1.29 is 18.3 Å². The molecular weight excluding hydrogens is 295 g/mol. The molecule has 0 aromatic carbocycles. The molecular formula is C8H9BrF3NOS. The summed E-state index contributed by atoms with van der Waals surface area (Å²) < 4.78 is 36.6. The van der Waals surface area contributed by atoms with Crippen LogP contribution in [0.3, 0.4) is 0 Å². The summed E-state index contributed by atoms with van der Waals surface area (Å²) in [6.07, 6.45) is -4.26. The molecule has 2 nitrogen and oxygen atoms in total. The van der Waals surface area contributed by atoms with Gasteiger partial charge in [0.1, 0.15) is 0 Å². The van der Waals surface area contributed by atoms with Crippen molar-refractivity contribution in [1.82, 2.24) is 5.32 Å². The predicted molar refractivity (Wildman–Crippen MR) is 55.9 cm³/mol. The Labute approximate surface area is 97.2 Å². The normalized spacial score (nSPS) is 14.2. The predicted octanol–water partition coefficient (Wildman–Crippen LogP) is 2.70. The first-order valence-electron chi connectivity index (χ1n) is 4.08. The molecule has 0 saturated heterocycles. The lowest BCUT2D eigenvalue weighted by Gasteiger charge is -2.15. The van der Waals surface area contributed by atoms with E-state index in [0.29, 0.717) is 4.88 Å². The highest BCUT2D eigenvalue weighted by atomic mass is 79.9. The Morgan fingerprint density at radius 3 is 2.53 bits per heavy atom. The maximum atomic E-state index is 11.9. The molecule has 1 rings (SSSR count). The SMILES string of the molecule is OCC(NCC(F)(F)F)c1ccc(Br)s1. The van der Waals surface area contributed by atoms with E-state index in [9.17, 15) is 13.2 Å². The van der Waals surface area contributed by atoms with E-state index in [2.05, 4.69) is 21.2 Å². The third-order valence-electron chi connectivity index (χ3n) is 1.67. The molecule has 1 aromatic heterocycles. The van der Waals surface area contributed by atoms with E-state index in [4.69, 9.17) is 5.11 Å². The second-order valence-electron chi connectivity index (χ2n) is 2.87. The maximum absolute atomic E-state index is 11.9. The zero-order valence-electron chi connectivity index (χ0n) is 7.51. The highest BCUT2D eigenvalue weighted by Gasteiger charge is 2.28. The lowest BCUT2D eigenvalue weighted by molar-refractivity contribution is -0.126. The van der Waals surface area contributed by atoms with Gasteiger partial charge in [0.25, 0.3) is 0 Å². The maximum Gasteiger partial charge on any atom is 0.401 e. The molecule has 0 bridgehead atoms. The molecule has 0 aliphatic heterocycles. The van der Waals surface area contributed by atoms with Gasteiger partial charge in [-0.3, -0.25) is 5.32 Å². The Balaban J connectivity index is 2.57. The van der Waals surface area contributed by atoms with Crippen LogP contribution in [0.25, 0.3) is 0 Å². The molecule has 1 atom stereocenters. The zero-order valence-corrected chi connectivity index (χ0v) is 9.92. The van der Waals surface area contributed by atoms with Gasteiger partial charge in [-0.1, -0.05) is 0 Å². The van der Waals surface area contributed by atoms with Gasteiger partial charge in [0.05, 0.1) is 23.0 Å². The molecule has 0 radical (unpaired) electrons. The molecule has 1 unspecified atom stereocenters. The van der Waals surface area contributed by atoms with E-state index < -0.39 is 18.8 Å². The van der Waals surface area contributed by atoms with Crippen molar-refractivity contribution in [2.24, 2.45) is 0 Å². The Bertz CT molecular complexity index is 315. The summed E-state index contributed by atoms with van der Waals surface area (Å²) in [5.41, 5.74) is 0. The average molecular weight is 304 g/mol. The van der Waals surface area contributed by atoms with Gasteiger partial charge in [0.15, 0.2) is 0 Å². The smallest absolute Gasteiger partial charge is 0.394 e. The van der Waals surface area contributed by atoms with E-state index in [-0.39, 0.29) is 6.61 Å². The lowest BCUT2D eigenvalue weighted by Crippen LogP contribution is -2.33. The van der Waals surface area contributed by atoms with Crippen LogP contribution in [-0.4, -0.2) is 24.4 Å². The van der Waals surface area contributed by atoms with Crippen molar-refractivity contribution in [3.63, 3.8) is 0 Å². The van der Waals surface area contributed by atoms with Gasteiger partial charge in [-0.05, 0) is 28.1 Å². The molecule has 0 aliphatic carbocycles. The Morgan fingerprint density at radius 2 is 2.13 bits per heavy atom. The summed E-state index contributed by atoms with van der Waals surface area (Å²) in [5, 5.41) is 11.2. The van der Waals surface area contributed by atoms with Gasteiger partial charge < -0.3 is 5.11 Å². The van der Waals surface area contributed by atoms with Gasteiger partial charge in [-0.2, -0.15) is 13.2 Å². The van der Waals surface area contributed by atoms with E-state index >= 15 is 0 Å². The minimum Gasteiger partial charge on any atom is -0.394 e. The number of hydrogen-bond acceptors (Lipinski definition) is 3. The molecule has 1 aromatic rings. The molecule has 0 amide bonds. The van der Waals surface area contributed by atoms with Gasteiger partial charge in [0.2, 0.25) is 0 Å². The van der Waals surface area contributed by atoms with Gasteiger partial charge in [-0.15, -0.1) is 11.3 Å². The number of halogens is 4. The number of hydrogen-bond donors (Lipinski definition) is 2. The molecule has 0 aliphatic rings. The fourth-order valence-electron chi connectivity index (χ4n) is 1.01. The lowest BCUT2D eigenvalue weighted by atomic mass is 10.2. The quantitative estimate of drug-likeness (QED) is 0.896. The molecule has 0 fully saturated rings. The first kappa shape index (κ1) is 13.0. The monoisotopic (exact) mass is 303 g/mol. The minimum absolute atomic E-state index is 0.358. The summed E-state index contributed by atoms with van der Waals surface area (Å²) in [6, 6.07) is 2.75. The van der Waals surface area contributed by atoms with E-state index in [1.165, 1.54) is 11.3 Å². The molecule has 1 heterocycles. The van der Waals surface area contributed by atoms with Crippen LogP contribution in [0, 0.1) is 0 Å². The highest BCUT2D eigenvalue weighted by molar-refractivity contribution is 9.11. The van der Waals surface area contributed by atoms with Crippen LogP contribution >= 0.6 is 27.3 Å². The largest absolute Gasteiger partial charge is 0.401 e. The van der Waals surface area contributed by atoms with Crippen LogP contribution in [0.5, 0.6) is 0 Å². The van der Waals surface area contributed by atoms with Crippen LogP contribution in [0.15, 0.2) is 15.9 Å². The molecule has 0 spiro atoms. The van der Waals surface area contributed by atoms with Gasteiger partial charge >= 0.3 is 6.18 Å². The van der Waals surface area contributed by atoms with E-state index in [1.54, 1.807) is 12.1 Å². The number of thiophene rings is 1. The van der Waals surface area contributed by atoms with Gasteiger partial charge in [0, 0.05) is 4.88 Å². The molecule has 7 heteroatoms. The summed E-state index contributed by atoms with van der Waals surface area (Å²) in [6.45, 7) is -1.46. The summed E-state index contributed by atoms with van der Waals surface area (Å²) in [4.78, 5) is 0.675. The third-order valence-corrected chi connectivity index (χ3v) is 3.41. The summed E-state index contributed by atoms with van der Waals surface area (Å²) in [7, 11) is 0. The number of rotatable bonds is 4. The van der Waals surface area contributed by atoms with Gasteiger partial charge in [-0.25, -0.2) is 0 Å². The Morgan fingerprint density at radius 1 is 1.47 bits per heavy atom. The standard InChI is InChI=1S/C8H9BrF3NOS/c9-7-2-1-6(15-7)5(3-14)13-4-8(10,11)12/h1-2,5,13-14H,3-4H2. The fourth-order valence-corrected chi connectivity index (χ4v) is 2.50. The first-order chi connectivity index (χ1) is 6.92. The number of alkyl halides is 3. The highest BCUT2D eigenvalue weighted by Crippen LogP contribution is 2.27. The van der Waals surface area contributed by atoms with Crippen molar-refractivity contribution >= 4 is 27.3 Å². The fraction of sp³-hybridized carbons (Fsp3) is 0.500. The second kappa shape index (κ2) is 5.29. The zero-order chi connectivity index (χ0) is 11.5. The molecule has 86 valence electrons. The topological polar surface area (TPSA) is 32.3 Å². The first-order valence-corrected chi connectivity index (χ1v) is 5.69. The molecule has 2 N–H and O–H groups in total. The van der Waals surface area contributed by atoms with Crippen LogP contribution in [-0.2, 0) is 0 Å². The Kier molecular flexibility index (Phi) is 4.57. The second-order valence-corrected chi connectivity index (χ2v) is 5.37. The number of aliphatic hydroxyl groups is 1. The molecule has 0 saturated carbocycles. The number of nitrogens with one attached hydrogen (secondary N) is 1. The van der Waals surface area contributed by atoms with Crippen molar-refractivity contribution in [3.05, 3.63) is 20.8 Å². The average Bonchev–Trinajstić information content (AvgIpc) is 2.51. The summed E-state index contributed by atoms with van der Waals surface area (Å²) in [5.74, 6) is 0. The Hall–Kier alpha value is -0.110. The van der Waals surface area contributed by atoms with Crippen LogP contribution < -0.4 is 5.32 Å². The van der Waals surface area contributed by atoms with Crippen molar-refractivity contribution in [1.29, 1.82) is 0 Å². The van der Waals surface area contributed by atoms with E-state index in [1.807, 2.05) is 0 Å². The van der Waals surface area contributed by atoms with Crippen LogP contribution in [0.1, 0.15) is 10.9 Å². The minimum atomic E-state index is -4.26. The van der Waals surface area contributed by atoms with Crippen molar-refractivity contribution in [2.45, 2.75) is 12.2 Å². The molecule has 15 heavy (non-hydrogen) atoms. The summed E-state index contributed by atoms with van der Waals surface area (Å²) >= 11 is 4.50. The van der Waals surface area contributed by atoms with E-state index in [0.717, 1.165) is 3.79 Å². The van der Waals surface area contributed by atoms with Crippen molar-refractivity contribution in [3.8, 4) is 0 Å². The van der Waals surface area contributed by atoms with Crippen LogP contribution in [0.2, 0.25) is 0 Å². The van der Waals surface area contributed by atoms with Crippen molar-refractivity contribution in [2.75, 3.05) is 13.2 Å². The van der Waals surface area contributed by atoms with Crippen LogP contribution in [0.4, 0.5) is 13.2 Å². The number of aliphatic hydroxyl groups excluding tert-OH is 1.